The highest BCUT2D eigenvalue weighted by Gasteiger charge is 2.36. The van der Waals surface area contributed by atoms with Crippen LogP contribution < -0.4 is 5.32 Å². The van der Waals surface area contributed by atoms with Crippen LogP contribution in [0.2, 0.25) is 0 Å². The highest BCUT2D eigenvalue weighted by atomic mass is 19.4. The maximum Gasteiger partial charge on any atom is 0.453 e. The number of alkyl halides is 3. The number of aromatic amines is 1. The van der Waals surface area contributed by atoms with Gasteiger partial charge in [0.1, 0.15) is 11.9 Å². The number of H-pyrrole nitrogens is 1. The summed E-state index contributed by atoms with van der Waals surface area (Å²) in [7, 11) is 0. The number of nitrogens with one attached hydrogen (secondary N) is 2. The second-order valence-electron chi connectivity index (χ2n) is 6.02. The smallest absolute Gasteiger partial charge is 0.347 e. The van der Waals surface area contributed by atoms with E-state index in [1.54, 1.807) is 42.0 Å². The quantitative estimate of drug-likeness (QED) is 0.667. The van der Waals surface area contributed by atoms with Gasteiger partial charge in [-0.3, -0.25) is 14.7 Å². The summed E-state index contributed by atoms with van der Waals surface area (Å²) in [6, 6.07) is 6.48. The molecule has 0 fully saturated rings. The lowest BCUT2D eigenvalue weighted by Gasteiger charge is -2.14. The van der Waals surface area contributed by atoms with Crippen molar-refractivity contribution in [3.8, 4) is 0 Å². The SMILES string of the molecule is CC(=O)c1cn(C(C)C(=O)NCc2nc(C(F)(F)F)n[nH]2)c2ccccc12. The fourth-order valence-electron chi connectivity index (χ4n) is 2.75. The van der Waals surface area contributed by atoms with Crippen molar-refractivity contribution in [1.29, 1.82) is 0 Å². The topological polar surface area (TPSA) is 92.7 Å². The van der Waals surface area contributed by atoms with Crippen molar-refractivity contribution in [3.63, 3.8) is 0 Å². The van der Waals surface area contributed by atoms with Crippen LogP contribution in [0.3, 0.4) is 0 Å². The number of para-hydroxylation sites is 1. The molecule has 0 saturated heterocycles. The first-order chi connectivity index (χ1) is 12.7. The predicted molar refractivity (Wildman–Crippen MR) is 89.9 cm³/mol. The van der Waals surface area contributed by atoms with Crippen molar-refractivity contribution >= 4 is 22.6 Å². The zero-order valence-corrected chi connectivity index (χ0v) is 14.5. The molecule has 0 aliphatic rings. The molecule has 0 aliphatic carbocycles. The van der Waals surface area contributed by atoms with Crippen LogP contribution in [0, 0.1) is 0 Å². The minimum absolute atomic E-state index is 0.107. The Kier molecular flexibility index (Phi) is 4.73. The largest absolute Gasteiger partial charge is 0.453 e. The molecule has 0 spiro atoms. The summed E-state index contributed by atoms with van der Waals surface area (Å²) in [5.41, 5.74) is 1.21. The number of Topliss-reactive ketones (excluding diaryl/α,β-unsaturated/α-hetero) is 1. The Bertz CT molecular complexity index is 1010. The Morgan fingerprint density at radius 2 is 2.00 bits per heavy atom. The highest BCUT2D eigenvalue weighted by molar-refractivity contribution is 6.07. The van der Waals surface area contributed by atoms with Gasteiger partial charge in [0.25, 0.3) is 5.82 Å². The van der Waals surface area contributed by atoms with Crippen LogP contribution in [0.1, 0.15) is 41.9 Å². The molecule has 1 atom stereocenters. The summed E-state index contributed by atoms with van der Waals surface area (Å²) in [5.74, 6) is -1.96. The normalized spacial score (nSPS) is 12.9. The Balaban J connectivity index is 1.77. The summed E-state index contributed by atoms with van der Waals surface area (Å²) < 4.78 is 39.2. The average molecular weight is 379 g/mol. The van der Waals surface area contributed by atoms with Gasteiger partial charge in [-0.25, -0.2) is 4.98 Å². The third-order valence-electron chi connectivity index (χ3n) is 4.13. The minimum atomic E-state index is -4.65. The van der Waals surface area contributed by atoms with Gasteiger partial charge in [0.2, 0.25) is 5.91 Å². The molecule has 1 amide bonds. The first-order valence-electron chi connectivity index (χ1n) is 8.05. The summed E-state index contributed by atoms with van der Waals surface area (Å²) in [4.78, 5) is 27.6. The molecule has 1 unspecified atom stereocenters. The molecule has 0 radical (unpaired) electrons. The summed E-state index contributed by atoms with van der Waals surface area (Å²) in [6.45, 7) is 2.84. The van der Waals surface area contributed by atoms with E-state index in [0.717, 1.165) is 5.39 Å². The van der Waals surface area contributed by atoms with Gasteiger partial charge in [0.05, 0.1) is 6.54 Å². The van der Waals surface area contributed by atoms with E-state index < -0.39 is 23.9 Å². The van der Waals surface area contributed by atoms with E-state index in [2.05, 4.69) is 20.5 Å². The molecule has 2 heterocycles. The van der Waals surface area contributed by atoms with Crippen molar-refractivity contribution in [2.45, 2.75) is 32.6 Å². The summed E-state index contributed by atoms with van der Waals surface area (Å²) in [6.07, 6.45) is -3.05. The molecular weight excluding hydrogens is 363 g/mol. The number of hydrogen-bond acceptors (Lipinski definition) is 4. The van der Waals surface area contributed by atoms with Crippen LogP contribution >= 0.6 is 0 Å². The van der Waals surface area contributed by atoms with E-state index in [4.69, 9.17) is 0 Å². The maximum atomic E-state index is 12.5. The molecule has 3 aromatic rings. The molecule has 2 N–H and O–H groups in total. The summed E-state index contributed by atoms with van der Waals surface area (Å²) in [5, 5.41) is 8.48. The van der Waals surface area contributed by atoms with Crippen molar-refractivity contribution in [3.05, 3.63) is 47.7 Å². The van der Waals surface area contributed by atoms with Gasteiger partial charge < -0.3 is 9.88 Å². The predicted octanol–water partition coefficient (Wildman–Crippen LogP) is 2.86. The molecule has 2 aromatic heterocycles. The molecule has 0 aliphatic heterocycles. The number of carbonyl (C=O) groups excluding carboxylic acids is 2. The third-order valence-corrected chi connectivity index (χ3v) is 4.13. The number of fused-ring (bicyclic) bond motifs is 1. The fourth-order valence-corrected chi connectivity index (χ4v) is 2.75. The van der Waals surface area contributed by atoms with E-state index in [9.17, 15) is 22.8 Å². The highest BCUT2D eigenvalue weighted by Crippen LogP contribution is 2.26. The van der Waals surface area contributed by atoms with E-state index >= 15 is 0 Å². The zero-order valence-electron chi connectivity index (χ0n) is 14.5. The van der Waals surface area contributed by atoms with Crippen LogP contribution in [-0.4, -0.2) is 31.4 Å². The van der Waals surface area contributed by atoms with Crippen molar-refractivity contribution in [1.82, 2.24) is 25.1 Å². The molecular formula is C17H16F3N5O2. The molecule has 0 saturated carbocycles. The molecule has 0 bridgehead atoms. The van der Waals surface area contributed by atoms with Gasteiger partial charge in [-0.15, -0.1) is 5.10 Å². The Labute approximate surface area is 151 Å². The second kappa shape index (κ2) is 6.86. The van der Waals surface area contributed by atoms with Crippen molar-refractivity contribution in [2.75, 3.05) is 0 Å². The molecule has 3 rings (SSSR count). The van der Waals surface area contributed by atoms with E-state index in [1.807, 2.05) is 0 Å². The van der Waals surface area contributed by atoms with Gasteiger partial charge in [-0.1, -0.05) is 18.2 Å². The standard InChI is InChI=1S/C17H16F3N5O2/c1-9(15(27)21-7-14-22-16(24-23-14)17(18,19)20)25-8-12(10(2)26)11-5-3-4-6-13(11)25/h3-6,8-9H,7H2,1-2H3,(H,21,27)(H,22,23,24). The van der Waals surface area contributed by atoms with E-state index in [0.29, 0.717) is 11.1 Å². The second-order valence-corrected chi connectivity index (χ2v) is 6.02. The number of halogens is 3. The van der Waals surface area contributed by atoms with Crippen LogP contribution in [0.25, 0.3) is 10.9 Å². The number of benzene rings is 1. The van der Waals surface area contributed by atoms with Crippen molar-refractivity contribution in [2.24, 2.45) is 0 Å². The first-order valence-corrected chi connectivity index (χ1v) is 8.05. The number of carbonyl (C=O) groups is 2. The maximum absolute atomic E-state index is 12.5. The van der Waals surface area contributed by atoms with Gasteiger partial charge in [0.15, 0.2) is 5.78 Å². The van der Waals surface area contributed by atoms with Crippen LogP contribution in [0.4, 0.5) is 13.2 Å². The lowest BCUT2D eigenvalue weighted by Crippen LogP contribution is -2.30. The van der Waals surface area contributed by atoms with E-state index in [-0.39, 0.29) is 18.2 Å². The molecule has 1 aromatic carbocycles. The Hall–Kier alpha value is -3.17. The first kappa shape index (κ1) is 18.6. The molecule has 142 valence electrons. The number of rotatable bonds is 5. The van der Waals surface area contributed by atoms with Crippen LogP contribution in [0.5, 0.6) is 0 Å². The Morgan fingerprint density at radius 1 is 1.30 bits per heavy atom. The number of nitrogens with zero attached hydrogens (tertiary/aromatic N) is 3. The molecule has 7 nitrogen and oxygen atoms in total. The van der Waals surface area contributed by atoms with Gasteiger partial charge >= 0.3 is 6.18 Å². The van der Waals surface area contributed by atoms with Gasteiger partial charge in [0, 0.05) is 22.7 Å². The molecule has 27 heavy (non-hydrogen) atoms. The van der Waals surface area contributed by atoms with Crippen LogP contribution in [-0.2, 0) is 17.5 Å². The lowest BCUT2D eigenvalue weighted by molar-refractivity contribution is -0.144. The number of hydrogen-bond donors (Lipinski definition) is 2. The van der Waals surface area contributed by atoms with Gasteiger partial charge in [-0.2, -0.15) is 13.2 Å². The average Bonchev–Trinajstić information content (AvgIpc) is 3.23. The lowest BCUT2D eigenvalue weighted by atomic mass is 10.1. The summed E-state index contributed by atoms with van der Waals surface area (Å²) >= 11 is 0. The van der Waals surface area contributed by atoms with E-state index in [1.165, 1.54) is 6.92 Å². The minimum Gasteiger partial charge on any atom is -0.347 e. The number of aromatic nitrogens is 4. The van der Waals surface area contributed by atoms with Crippen molar-refractivity contribution < 1.29 is 22.8 Å². The number of amides is 1. The Morgan fingerprint density at radius 3 is 2.63 bits per heavy atom. The zero-order chi connectivity index (χ0) is 19.8. The third kappa shape index (κ3) is 3.69. The van der Waals surface area contributed by atoms with Gasteiger partial charge in [-0.05, 0) is 19.9 Å². The molecule has 10 heteroatoms. The number of ketones is 1. The fraction of sp³-hybridized carbons (Fsp3) is 0.294. The monoisotopic (exact) mass is 379 g/mol. The van der Waals surface area contributed by atoms with Crippen LogP contribution in [0.15, 0.2) is 30.5 Å².